The standard InChI is InChI=1S/C21H21BrO3/c1-3-25-21-9-6-17(22)13-20(21)16-10-15(11-18(23)12-16)14-4-7-19(24-2)8-5-14/h4-9,12-13,15H,3,10-11H2,1-2H3. The van der Waals surface area contributed by atoms with E-state index in [1.807, 2.05) is 49.4 Å². The SMILES string of the molecule is CCOc1ccc(Br)cc1C1=CC(=O)CC(c2ccc(OC)cc2)C1. The van der Waals surface area contributed by atoms with Gasteiger partial charge < -0.3 is 9.47 Å². The second kappa shape index (κ2) is 7.87. The molecule has 130 valence electrons. The lowest BCUT2D eigenvalue weighted by Gasteiger charge is -2.24. The summed E-state index contributed by atoms with van der Waals surface area (Å²) in [5.41, 5.74) is 3.18. The predicted octanol–water partition coefficient (Wildman–Crippen LogP) is 5.39. The Morgan fingerprint density at radius 2 is 1.88 bits per heavy atom. The van der Waals surface area contributed by atoms with Crippen LogP contribution in [0.2, 0.25) is 0 Å². The summed E-state index contributed by atoms with van der Waals surface area (Å²) in [6.07, 6.45) is 3.12. The second-order valence-electron chi connectivity index (χ2n) is 6.09. The highest BCUT2D eigenvalue weighted by Gasteiger charge is 2.24. The van der Waals surface area contributed by atoms with E-state index in [-0.39, 0.29) is 11.7 Å². The molecule has 0 bridgehead atoms. The zero-order valence-corrected chi connectivity index (χ0v) is 16.0. The summed E-state index contributed by atoms with van der Waals surface area (Å²) in [6, 6.07) is 13.9. The number of hydrogen-bond donors (Lipinski definition) is 0. The zero-order chi connectivity index (χ0) is 17.8. The normalized spacial score (nSPS) is 17.2. The van der Waals surface area contributed by atoms with E-state index in [0.29, 0.717) is 13.0 Å². The number of hydrogen-bond acceptors (Lipinski definition) is 3. The quantitative estimate of drug-likeness (QED) is 0.674. The lowest BCUT2D eigenvalue weighted by molar-refractivity contribution is -0.115. The largest absolute Gasteiger partial charge is 0.497 e. The number of ketones is 1. The maximum atomic E-state index is 12.4. The number of carbonyl (C=O) groups excluding carboxylic acids is 1. The van der Waals surface area contributed by atoms with E-state index >= 15 is 0 Å². The van der Waals surface area contributed by atoms with Crippen molar-refractivity contribution in [1.29, 1.82) is 0 Å². The van der Waals surface area contributed by atoms with Crippen LogP contribution in [0.25, 0.3) is 5.57 Å². The van der Waals surface area contributed by atoms with Crippen molar-refractivity contribution in [1.82, 2.24) is 0 Å². The highest BCUT2D eigenvalue weighted by Crippen LogP contribution is 2.40. The lowest BCUT2D eigenvalue weighted by atomic mass is 9.81. The molecular weight excluding hydrogens is 380 g/mol. The average molecular weight is 401 g/mol. The fourth-order valence-electron chi connectivity index (χ4n) is 3.23. The lowest BCUT2D eigenvalue weighted by Crippen LogP contribution is -2.13. The molecule has 1 atom stereocenters. The van der Waals surface area contributed by atoms with Crippen molar-refractivity contribution >= 4 is 27.3 Å². The molecule has 25 heavy (non-hydrogen) atoms. The van der Waals surface area contributed by atoms with Gasteiger partial charge in [0.25, 0.3) is 0 Å². The highest BCUT2D eigenvalue weighted by atomic mass is 79.9. The molecule has 0 radical (unpaired) electrons. The van der Waals surface area contributed by atoms with Gasteiger partial charge in [-0.3, -0.25) is 4.79 Å². The molecule has 0 spiro atoms. The molecule has 1 unspecified atom stereocenters. The van der Waals surface area contributed by atoms with Gasteiger partial charge in [0.2, 0.25) is 0 Å². The summed E-state index contributed by atoms with van der Waals surface area (Å²) in [5.74, 6) is 1.98. The van der Waals surface area contributed by atoms with Gasteiger partial charge in [0.15, 0.2) is 5.78 Å². The maximum Gasteiger partial charge on any atom is 0.156 e. The fourth-order valence-corrected chi connectivity index (χ4v) is 3.59. The average Bonchev–Trinajstić information content (AvgIpc) is 2.63. The van der Waals surface area contributed by atoms with Crippen LogP contribution in [-0.2, 0) is 4.79 Å². The van der Waals surface area contributed by atoms with Crippen molar-refractivity contribution in [3.05, 3.63) is 64.1 Å². The Kier molecular flexibility index (Phi) is 5.59. The molecule has 2 aromatic rings. The monoisotopic (exact) mass is 400 g/mol. The van der Waals surface area contributed by atoms with Crippen molar-refractivity contribution in [2.24, 2.45) is 0 Å². The minimum Gasteiger partial charge on any atom is -0.497 e. The fraction of sp³-hybridized carbons (Fsp3) is 0.286. The molecule has 4 heteroatoms. The first-order chi connectivity index (χ1) is 12.1. The molecule has 0 aromatic heterocycles. The summed E-state index contributed by atoms with van der Waals surface area (Å²) in [6.45, 7) is 2.56. The third-order valence-corrected chi connectivity index (χ3v) is 4.92. The van der Waals surface area contributed by atoms with Gasteiger partial charge in [0.05, 0.1) is 13.7 Å². The van der Waals surface area contributed by atoms with Crippen molar-refractivity contribution in [3.8, 4) is 11.5 Å². The Morgan fingerprint density at radius 3 is 2.56 bits per heavy atom. The molecule has 2 aromatic carbocycles. The second-order valence-corrected chi connectivity index (χ2v) is 7.00. The highest BCUT2D eigenvalue weighted by molar-refractivity contribution is 9.10. The van der Waals surface area contributed by atoms with Crippen molar-refractivity contribution < 1.29 is 14.3 Å². The van der Waals surface area contributed by atoms with Crippen LogP contribution in [-0.4, -0.2) is 19.5 Å². The van der Waals surface area contributed by atoms with E-state index < -0.39 is 0 Å². The van der Waals surface area contributed by atoms with Crippen molar-refractivity contribution in [2.45, 2.75) is 25.7 Å². The van der Waals surface area contributed by atoms with Gasteiger partial charge >= 0.3 is 0 Å². The Balaban J connectivity index is 1.92. The van der Waals surface area contributed by atoms with E-state index in [0.717, 1.165) is 39.1 Å². The van der Waals surface area contributed by atoms with E-state index in [1.165, 1.54) is 0 Å². The number of allylic oxidation sites excluding steroid dienone is 2. The molecule has 3 nitrogen and oxygen atoms in total. The topological polar surface area (TPSA) is 35.5 Å². The minimum atomic E-state index is 0.157. The molecule has 0 heterocycles. The summed E-state index contributed by atoms with van der Waals surface area (Å²) in [4.78, 5) is 12.4. The van der Waals surface area contributed by atoms with Crippen LogP contribution in [0, 0.1) is 0 Å². The molecule has 0 N–H and O–H groups in total. The summed E-state index contributed by atoms with van der Waals surface area (Å²) < 4.78 is 12.0. The van der Waals surface area contributed by atoms with E-state index in [4.69, 9.17) is 9.47 Å². The smallest absolute Gasteiger partial charge is 0.156 e. The van der Waals surface area contributed by atoms with Crippen LogP contribution in [0.15, 0.2) is 53.0 Å². The summed E-state index contributed by atoms with van der Waals surface area (Å²) >= 11 is 3.52. The van der Waals surface area contributed by atoms with E-state index in [2.05, 4.69) is 15.9 Å². The zero-order valence-electron chi connectivity index (χ0n) is 14.4. The minimum absolute atomic E-state index is 0.157. The summed E-state index contributed by atoms with van der Waals surface area (Å²) in [5, 5.41) is 0. The molecule has 0 fully saturated rings. The van der Waals surface area contributed by atoms with Gasteiger partial charge in [0.1, 0.15) is 11.5 Å². The molecule has 3 rings (SSSR count). The van der Waals surface area contributed by atoms with Gasteiger partial charge in [-0.05, 0) is 66.8 Å². The predicted molar refractivity (Wildman–Crippen MR) is 103 cm³/mol. The van der Waals surface area contributed by atoms with Gasteiger partial charge in [-0.15, -0.1) is 0 Å². The number of halogens is 1. The third kappa shape index (κ3) is 4.13. The van der Waals surface area contributed by atoms with Crippen LogP contribution in [0.4, 0.5) is 0 Å². The van der Waals surface area contributed by atoms with Gasteiger partial charge in [-0.2, -0.15) is 0 Å². The first-order valence-electron chi connectivity index (χ1n) is 8.40. The van der Waals surface area contributed by atoms with Crippen LogP contribution in [0.5, 0.6) is 11.5 Å². The third-order valence-electron chi connectivity index (χ3n) is 4.42. The number of rotatable bonds is 5. The van der Waals surface area contributed by atoms with Gasteiger partial charge in [0, 0.05) is 16.5 Å². The Labute approximate surface area is 156 Å². The number of benzene rings is 2. The molecular formula is C21H21BrO3. The van der Waals surface area contributed by atoms with E-state index in [9.17, 15) is 4.79 Å². The molecule has 0 amide bonds. The maximum absolute atomic E-state index is 12.4. The van der Waals surface area contributed by atoms with E-state index in [1.54, 1.807) is 13.2 Å². The number of ether oxygens (including phenoxy) is 2. The Bertz CT molecular complexity index is 793. The molecule has 1 aliphatic rings. The van der Waals surface area contributed by atoms with Crippen molar-refractivity contribution in [3.63, 3.8) is 0 Å². The van der Waals surface area contributed by atoms with Crippen LogP contribution < -0.4 is 9.47 Å². The first-order valence-corrected chi connectivity index (χ1v) is 9.20. The van der Waals surface area contributed by atoms with Crippen LogP contribution in [0.3, 0.4) is 0 Å². The number of carbonyl (C=O) groups is 1. The molecule has 0 saturated carbocycles. The van der Waals surface area contributed by atoms with Gasteiger partial charge in [-0.25, -0.2) is 0 Å². The van der Waals surface area contributed by atoms with Crippen molar-refractivity contribution in [2.75, 3.05) is 13.7 Å². The molecule has 1 aliphatic carbocycles. The summed E-state index contributed by atoms with van der Waals surface area (Å²) in [7, 11) is 1.66. The van der Waals surface area contributed by atoms with Gasteiger partial charge in [-0.1, -0.05) is 28.1 Å². The molecule has 0 saturated heterocycles. The van der Waals surface area contributed by atoms with Crippen LogP contribution in [0.1, 0.15) is 36.8 Å². The molecule has 0 aliphatic heterocycles. The first kappa shape index (κ1) is 17.7. The number of methoxy groups -OCH3 is 1. The Hall–Kier alpha value is -2.07. The van der Waals surface area contributed by atoms with Crippen LogP contribution >= 0.6 is 15.9 Å². The Morgan fingerprint density at radius 1 is 1.12 bits per heavy atom.